The van der Waals surface area contributed by atoms with Gasteiger partial charge < -0.3 is 26.4 Å². The Morgan fingerprint density at radius 2 is 1.76 bits per heavy atom. The van der Waals surface area contributed by atoms with E-state index < -0.39 is 23.8 Å². The summed E-state index contributed by atoms with van der Waals surface area (Å²) in [5, 5.41) is 15.9. The molecule has 9 nitrogen and oxygen atoms in total. The number of carbonyl (C=O) groups excluding carboxylic acids is 3. The summed E-state index contributed by atoms with van der Waals surface area (Å²) in [7, 11) is 0. The molecule has 1 atom stereocenters. The molecule has 0 aliphatic carbocycles. The predicted octanol–water partition coefficient (Wildman–Crippen LogP) is 3.49. The summed E-state index contributed by atoms with van der Waals surface area (Å²) in [5.41, 5.74) is 6.27. The molecule has 12 heteroatoms. The van der Waals surface area contributed by atoms with Crippen molar-refractivity contribution in [2.24, 2.45) is 5.73 Å². The molecule has 0 heterocycles. The fraction of sp³-hybridized carbons (Fsp3) is 0.238. The van der Waals surface area contributed by atoms with Gasteiger partial charge in [-0.2, -0.15) is 0 Å². The SMILES string of the molecule is CCOC(=O)CC(NC(=O)CNC(=O)c1ccc(Cl)c(NC(=N)N)c1)c1cc(Cl)cc(Cl)c1. The fourth-order valence-corrected chi connectivity index (χ4v) is 3.54. The number of esters is 1. The van der Waals surface area contributed by atoms with Crippen LogP contribution in [-0.4, -0.2) is 36.9 Å². The Balaban J connectivity index is 2.08. The summed E-state index contributed by atoms with van der Waals surface area (Å²) in [4.78, 5) is 37.0. The Bertz CT molecular complexity index is 1040. The Kier molecular flexibility index (Phi) is 9.77. The number of ether oxygens (including phenoxy) is 1. The van der Waals surface area contributed by atoms with Crippen LogP contribution in [0.1, 0.15) is 35.3 Å². The largest absolute Gasteiger partial charge is 0.466 e. The Morgan fingerprint density at radius 3 is 2.36 bits per heavy atom. The maximum absolute atomic E-state index is 12.5. The van der Waals surface area contributed by atoms with Crippen LogP contribution in [0.5, 0.6) is 0 Å². The Hall–Kier alpha value is -3.01. The molecular weight excluding hydrogens is 493 g/mol. The van der Waals surface area contributed by atoms with Gasteiger partial charge in [0.1, 0.15) is 0 Å². The summed E-state index contributed by atoms with van der Waals surface area (Å²) in [6, 6.07) is 8.22. The van der Waals surface area contributed by atoms with Crippen molar-refractivity contribution in [1.82, 2.24) is 10.6 Å². The first-order chi connectivity index (χ1) is 15.6. The van der Waals surface area contributed by atoms with E-state index in [1.165, 1.54) is 24.3 Å². The lowest BCUT2D eigenvalue weighted by Gasteiger charge is -2.19. The van der Waals surface area contributed by atoms with E-state index in [1.807, 2.05) is 0 Å². The van der Waals surface area contributed by atoms with Crippen molar-refractivity contribution in [3.8, 4) is 0 Å². The Morgan fingerprint density at radius 1 is 1.09 bits per heavy atom. The Labute approximate surface area is 205 Å². The summed E-state index contributed by atoms with van der Waals surface area (Å²) in [6.07, 6.45) is -0.151. The van der Waals surface area contributed by atoms with E-state index in [0.29, 0.717) is 15.6 Å². The van der Waals surface area contributed by atoms with Gasteiger partial charge in [-0.15, -0.1) is 0 Å². The maximum Gasteiger partial charge on any atom is 0.308 e. The van der Waals surface area contributed by atoms with Gasteiger partial charge in [0, 0.05) is 15.6 Å². The first-order valence-corrected chi connectivity index (χ1v) is 10.8. The molecule has 0 radical (unpaired) electrons. The van der Waals surface area contributed by atoms with E-state index in [1.54, 1.807) is 19.1 Å². The second kappa shape index (κ2) is 12.3. The number of hydrogen-bond donors (Lipinski definition) is 5. The van der Waals surface area contributed by atoms with Gasteiger partial charge in [-0.1, -0.05) is 34.8 Å². The van der Waals surface area contributed by atoms with Gasteiger partial charge in [0.15, 0.2) is 5.96 Å². The molecule has 176 valence electrons. The van der Waals surface area contributed by atoms with Crippen LogP contribution in [0, 0.1) is 5.41 Å². The van der Waals surface area contributed by atoms with Crippen LogP contribution < -0.4 is 21.7 Å². The number of halogens is 3. The highest BCUT2D eigenvalue weighted by atomic mass is 35.5. The highest BCUT2D eigenvalue weighted by Gasteiger charge is 2.21. The zero-order chi connectivity index (χ0) is 24.5. The molecule has 0 aliphatic heterocycles. The van der Waals surface area contributed by atoms with Crippen LogP contribution in [0.2, 0.25) is 15.1 Å². The highest BCUT2D eigenvalue weighted by molar-refractivity contribution is 6.35. The molecule has 0 fully saturated rings. The van der Waals surface area contributed by atoms with Crippen LogP contribution in [0.3, 0.4) is 0 Å². The first kappa shape index (κ1) is 26.2. The van der Waals surface area contributed by atoms with Gasteiger partial charge in [0.25, 0.3) is 5.91 Å². The molecule has 6 N–H and O–H groups in total. The monoisotopic (exact) mass is 513 g/mol. The van der Waals surface area contributed by atoms with Crippen molar-refractivity contribution in [1.29, 1.82) is 5.41 Å². The average molecular weight is 515 g/mol. The number of nitrogens with two attached hydrogens (primary N) is 1. The minimum atomic E-state index is -0.772. The smallest absolute Gasteiger partial charge is 0.308 e. The molecule has 0 bridgehead atoms. The predicted molar refractivity (Wildman–Crippen MR) is 128 cm³/mol. The summed E-state index contributed by atoms with van der Waals surface area (Å²) >= 11 is 18.1. The van der Waals surface area contributed by atoms with E-state index in [4.69, 9.17) is 50.7 Å². The second-order valence-corrected chi connectivity index (χ2v) is 8.03. The fourth-order valence-electron chi connectivity index (χ4n) is 2.83. The zero-order valence-electron chi connectivity index (χ0n) is 17.5. The molecule has 33 heavy (non-hydrogen) atoms. The van der Waals surface area contributed by atoms with Crippen molar-refractivity contribution >= 4 is 64.2 Å². The van der Waals surface area contributed by atoms with Gasteiger partial charge >= 0.3 is 5.97 Å². The van der Waals surface area contributed by atoms with Crippen LogP contribution in [0.15, 0.2) is 36.4 Å². The third kappa shape index (κ3) is 8.45. The van der Waals surface area contributed by atoms with Crippen molar-refractivity contribution < 1.29 is 19.1 Å². The number of amides is 2. The number of hydrogen-bond acceptors (Lipinski definition) is 5. The van der Waals surface area contributed by atoms with Gasteiger partial charge in [-0.3, -0.25) is 19.8 Å². The van der Waals surface area contributed by atoms with Crippen molar-refractivity contribution in [2.45, 2.75) is 19.4 Å². The summed E-state index contributed by atoms with van der Waals surface area (Å²) in [5.74, 6) is -1.97. The molecule has 2 aromatic rings. The average Bonchev–Trinajstić information content (AvgIpc) is 2.72. The van der Waals surface area contributed by atoms with E-state index in [-0.39, 0.29) is 41.8 Å². The molecule has 0 spiro atoms. The number of rotatable bonds is 9. The van der Waals surface area contributed by atoms with Crippen LogP contribution in [0.25, 0.3) is 0 Å². The first-order valence-electron chi connectivity index (χ1n) is 9.68. The van der Waals surface area contributed by atoms with Crippen molar-refractivity contribution in [2.75, 3.05) is 18.5 Å². The minimum Gasteiger partial charge on any atom is -0.466 e. The van der Waals surface area contributed by atoms with Crippen LogP contribution >= 0.6 is 34.8 Å². The standard InChI is InChI=1S/C21H22Cl3N5O4/c1-2-33-19(31)9-16(12-5-13(22)8-14(23)6-12)28-18(30)10-27-20(32)11-3-4-15(24)17(7-11)29-21(25)26/h3-8,16H,2,9-10H2,1H3,(H,27,32)(H,28,30)(H4,25,26,29). The number of nitrogens with one attached hydrogen (secondary N) is 4. The molecule has 0 aromatic heterocycles. The van der Waals surface area contributed by atoms with Gasteiger partial charge in [-0.05, 0) is 48.9 Å². The number of benzene rings is 2. The summed E-state index contributed by atoms with van der Waals surface area (Å²) < 4.78 is 4.97. The molecular formula is C21H22Cl3N5O4. The van der Waals surface area contributed by atoms with Crippen LogP contribution in [0.4, 0.5) is 5.69 Å². The van der Waals surface area contributed by atoms with Crippen LogP contribution in [-0.2, 0) is 14.3 Å². The molecule has 1 unspecified atom stereocenters. The zero-order valence-corrected chi connectivity index (χ0v) is 19.8. The van der Waals surface area contributed by atoms with Gasteiger partial charge in [0.2, 0.25) is 5.91 Å². The molecule has 2 aromatic carbocycles. The van der Waals surface area contributed by atoms with Gasteiger partial charge in [-0.25, -0.2) is 0 Å². The molecule has 2 rings (SSSR count). The second-order valence-electron chi connectivity index (χ2n) is 6.75. The lowest BCUT2D eigenvalue weighted by molar-refractivity contribution is -0.143. The summed E-state index contributed by atoms with van der Waals surface area (Å²) in [6.45, 7) is 1.49. The quantitative estimate of drug-likeness (QED) is 0.197. The van der Waals surface area contributed by atoms with Gasteiger partial charge in [0.05, 0.1) is 36.3 Å². The molecule has 0 saturated heterocycles. The number of guanidine groups is 1. The normalized spacial score (nSPS) is 11.3. The number of anilines is 1. The lowest BCUT2D eigenvalue weighted by atomic mass is 10.0. The van der Waals surface area contributed by atoms with E-state index >= 15 is 0 Å². The maximum atomic E-state index is 12.5. The molecule has 2 amide bonds. The minimum absolute atomic E-state index is 0.151. The third-order valence-corrected chi connectivity index (χ3v) is 4.97. The highest BCUT2D eigenvalue weighted by Crippen LogP contribution is 2.26. The number of carbonyl (C=O) groups is 3. The molecule has 0 saturated carbocycles. The van der Waals surface area contributed by atoms with E-state index in [2.05, 4.69) is 16.0 Å². The van der Waals surface area contributed by atoms with Crippen molar-refractivity contribution in [3.05, 3.63) is 62.6 Å². The topological polar surface area (TPSA) is 146 Å². The lowest BCUT2D eigenvalue weighted by Crippen LogP contribution is -2.39. The van der Waals surface area contributed by atoms with E-state index in [9.17, 15) is 14.4 Å². The van der Waals surface area contributed by atoms with E-state index in [0.717, 1.165) is 0 Å². The molecule has 0 aliphatic rings. The third-order valence-electron chi connectivity index (χ3n) is 4.21. The van der Waals surface area contributed by atoms with Crippen molar-refractivity contribution in [3.63, 3.8) is 0 Å².